The summed E-state index contributed by atoms with van der Waals surface area (Å²) >= 11 is 0. The molecule has 1 aromatic rings. The van der Waals surface area contributed by atoms with Crippen LogP contribution in [0.3, 0.4) is 0 Å². The standard InChI is InChI=1S/C15H19NO3/c1-9-6-4-5-7-10(9)8-16-13(17)11-12(14(18)19)15(11,2)3/h4-7,11-12H,8H2,1-3H3,(H,16,17)(H,18,19)/t11-,12+/m1/s1. The average molecular weight is 261 g/mol. The van der Waals surface area contributed by atoms with E-state index in [1.54, 1.807) is 0 Å². The van der Waals surface area contributed by atoms with Gasteiger partial charge in [-0.25, -0.2) is 0 Å². The molecule has 2 rings (SSSR count). The van der Waals surface area contributed by atoms with Crippen LogP contribution in [-0.4, -0.2) is 17.0 Å². The third-order valence-corrected chi connectivity index (χ3v) is 4.09. The second kappa shape index (κ2) is 4.68. The number of hydrogen-bond acceptors (Lipinski definition) is 2. The number of amides is 1. The molecule has 4 heteroatoms. The Balaban J connectivity index is 1.97. The van der Waals surface area contributed by atoms with Crippen LogP contribution in [0.5, 0.6) is 0 Å². The van der Waals surface area contributed by atoms with Crippen molar-refractivity contribution < 1.29 is 14.7 Å². The molecule has 0 saturated heterocycles. The maximum Gasteiger partial charge on any atom is 0.307 e. The van der Waals surface area contributed by atoms with Crippen molar-refractivity contribution in [3.8, 4) is 0 Å². The van der Waals surface area contributed by atoms with E-state index in [9.17, 15) is 9.59 Å². The number of nitrogens with one attached hydrogen (secondary N) is 1. The van der Waals surface area contributed by atoms with E-state index >= 15 is 0 Å². The van der Waals surface area contributed by atoms with Crippen LogP contribution in [0.1, 0.15) is 25.0 Å². The van der Waals surface area contributed by atoms with Gasteiger partial charge in [0.05, 0.1) is 11.8 Å². The van der Waals surface area contributed by atoms with Crippen LogP contribution in [0.4, 0.5) is 0 Å². The largest absolute Gasteiger partial charge is 0.481 e. The predicted molar refractivity (Wildman–Crippen MR) is 71.4 cm³/mol. The fourth-order valence-corrected chi connectivity index (χ4v) is 2.69. The molecular weight excluding hydrogens is 242 g/mol. The van der Waals surface area contributed by atoms with Gasteiger partial charge < -0.3 is 10.4 Å². The molecule has 1 saturated carbocycles. The quantitative estimate of drug-likeness (QED) is 0.870. The van der Waals surface area contributed by atoms with Crippen LogP contribution in [-0.2, 0) is 16.1 Å². The molecule has 0 unspecified atom stereocenters. The van der Waals surface area contributed by atoms with Gasteiger partial charge in [0.2, 0.25) is 5.91 Å². The lowest BCUT2D eigenvalue weighted by molar-refractivity contribution is -0.140. The van der Waals surface area contributed by atoms with Gasteiger partial charge in [-0.1, -0.05) is 38.1 Å². The maximum absolute atomic E-state index is 12.0. The van der Waals surface area contributed by atoms with Crippen molar-refractivity contribution in [3.05, 3.63) is 35.4 Å². The van der Waals surface area contributed by atoms with Gasteiger partial charge in [-0.15, -0.1) is 0 Å². The Morgan fingerprint density at radius 1 is 1.26 bits per heavy atom. The first-order valence-electron chi connectivity index (χ1n) is 6.40. The van der Waals surface area contributed by atoms with Crippen molar-refractivity contribution in [3.63, 3.8) is 0 Å². The number of carbonyl (C=O) groups is 2. The number of carbonyl (C=O) groups excluding carboxylic acids is 1. The number of carboxylic acids is 1. The molecule has 2 atom stereocenters. The molecule has 0 heterocycles. The highest BCUT2D eigenvalue weighted by Crippen LogP contribution is 2.58. The zero-order valence-corrected chi connectivity index (χ0v) is 11.4. The number of rotatable bonds is 4. The number of hydrogen-bond donors (Lipinski definition) is 2. The van der Waals surface area contributed by atoms with Crippen molar-refractivity contribution in [1.29, 1.82) is 0 Å². The van der Waals surface area contributed by atoms with E-state index in [0.717, 1.165) is 11.1 Å². The summed E-state index contributed by atoms with van der Waals surface area (Å²) in [6.45, 7) is 6.08. The van der Waals surface area contributed by atoms with Crippen molar-refractivity contribution in [2.45, 2.75) is 27.3 Å². The summed E-state index contributed by atoms with van der Waals surface area (Å²) in [6.07, 6.45) is 0. The van der Waals surface area contributed by atoms with Crippen molar-refractivity contribution in [2.75, 3.05) is 0 Å². The molecule has 1 aliphatic rings. The molecule has 1 amide bonds. The van der Waals surface area contributed by atoms with Crippen molar-refractivity contribution in [2.24, 2.45) is 17.3 Å². The second-order valence-electron chi connectivity index (χ2n) is 5.76. The molecule has 2 N–H and O–H groups in total. The minimum absolute atomic E-state index is 0.166. The summed E-state index contributed by atoms with van der Waals surface area (Å²) in [5.41, 5.74) is 1.73. The Hall–Kier alpha value is -1.84. The van der Waals surface area contributed by atoms with Gasteiger partial charge in [0.25, 0.3) is 0 Å². The zero-order chi connectivity index (χ0) is 14.2. The van der Waals surface area contributed by atoms with Crippen LogP contribution < -0.4 is 5.32 Å². The third kappa shape index (κ3) is 2.48. The van der Waals surface area contributed by atoms with Crippen LogP contribution in [0.25, 0.3) is 0 Å². The van der Waals surface area contributed by atoms with Gasteiger partial charge in [-0.2, -0.15) is 0 Å². The van der Waals surface area contributed by atoms with Gasteiger partial charge >= 0.3 is 5.97 Å². The Morgan fingerprint density at radius 3 is 2.42 bits per heavy atom. The lowest BCUT2D eigenvalue weighted by atomic mass is 10.1. The molecule has 0 aromatic heterocycles. The Morgan fingerprint density at radius 2 is 1.89 bits per heavy atom. The number of aryl methyl sites for hydroxylation is 1. The first kappa shape index (κ1) is 13.6. The van der Waals surface area contributed by atoms with Gasteiger partial charge in [0.1, 0.15) is 0 Å². The molecule has 0 radical (unpaired) electrons. The molecule has 0 aliphatic heterocycles. The molecule has 102 valence electrons. The lowest BCUT2D eigenvalue weighted by Crippen LogP contribution is -2.27. The first-order chi connectivity index (χ1) is 8.85. The minimum atomic E-state index is -0.888. The van der Waals surface area contributed by atoms with Crippen LogP contribution in [0, 0.1) is 24.2 Å². The van der Waals surface area contributed by atoms with E-state index in [4.69, 9.17) is 5.11 Å². The summed E-state index contributed by atoms with van der Waals surface area (Å²) in [4.78, 5) is 23.1. The second-order valence-corrected chi connectivity index (χ2v) is 5.76. The predicted octanol–water partition coefficient (Wildman–Crippen LogP) is 1.97. The normalized spacial score (nSPS) is 23.7. The highest BCUT2D eigenvalue weighted by atomic mass is 16.4. The molecule has 1 aliphatic carbocycles. The maximum atomic E-state index is 12.0. The fraction of sp³-hybridized carbons (Fsp3) is 0.467. The molecule has 0 bridgehead atoms. The Kier molecular flexibility index (Phi) is 3.35. The Labute approximate surface area is 112 Å². The molecule has 1 fully saturated rings. The monoisotopic (exact) mass is 261 g/mol. The molecular formula is C15H19NO3. The number of aliphatic carboxylic acids is 1. The van der Waals surface area contributed by atoms with E-state index < -0.39 is 23.2 Å². The summed E-state index contributed by atoms with van der Waals surface area (Å²) in [5.74, 6) is -2.04. The average Bonchev–Trinajstić information content (AvgIpc) is 2.91. The Bertz CT molecular complexity index is 522. The smallest absolute Gasteiger partial charge is 0.307 e. The van der Waals surface area contributed by atoms with Crippen LogP contribution in [0.15, 0.2) is 24.3 Å². The van der Waals surface area contributed by atoms with Crippen molar-refractivity contribution >= 4 is 11.9 Å². The summed E-state index contributed by atoms with van der Waals surface area (Å²) in [5, 5.41) is 11.9. The van der Waals surface area contributed by atoms with Gasteiger partial charge in [-0.05, 0) is 23.5 Å². The third-order valence-electron chi connectivity index (χ3n) is 4.09. The molecule has 19 heavy (non-hydrogen) atoms. The summed E-state index contributed by atoms with van der Waals surface area (Å²) in [6, 6.07) is 7.83. The fourth-order valence-electron chi connectivity index (χ4n) is 2.69. The topological polar surface area (TPSA) is 66.4 Å². The van der Waals surface area contributed by atoms with Crippen LogP contribution in [0.2, 0.25) is 0 Å². The summed E-state index contributed by atoms with van der Waals surface area (Å²) in [7, 11) is 0. The minimum Gasteiger partial charge on any atom is -0.481 e. The van der Waals surface area contributed by atoms with Crippen molar-refractivity contribution in [1.82, 2.24) is 5.32 Å². The summed E-state index contributed by atoms with van der Waals surface area (Å²) < 4.78 is 0. The van der Waals surface area contributed by atoms with E-state index in [0.29, 0.717) is 6.54 Å². The van der Waals surface area contributed by atoms with Gasteiger partial charge in [0.15, 0.2) is 0 Å². The lowest BCUT2D eigenvalue weighted by Gasteiger charge is -2.08. The highest BCUT2D eigenvalue weighted by molar-refractivity contribution is 5.91. The van der Waals surface area contributed by atoms with E-state index in [1.165, 1.54) is 0 Å². The highest BCUT2D eigenvalue weighted by Gasteiger charge is 2.65. The SMILES string of the molecule is Cc1ccccc1CNC(=O)[C@H]1[C@@H](C(=O)O)C1(C)C. The van der Waals surface area contributed by atoms with Gasteiger partial charge in [-0.3, -0.25) is 9.59 Å². The molecule has 4 nitrogen and oxygen atoms in total. The molecule has 1 aromatic carbocycles. The van der Waals surface area contributed by atoms with E-state index in [1.807, 2.05) is 45.0 Å². The molecule has 0 spiro atoms. The zero-order valence-electron chi connectivity index (χ0n) is 11.4. The number of carboxylic acid groups (broad SMARTS) is 1. The first-order valence-corrected chi connectivity index (χ1v) is 6.40. The van der Waals surface area contributed by atoms with Crippen LogP contribution >= 0.6 is 0 Å². The van der Waals surface area contributed by atoms with E-state index in [-0.39, 0.29) is 5.91 Å². The van der Waals surface area contributed by atoms with E-state index in [2.05, 4.69) is 5.32 Å². The van der Waals surface area contributed by atoms with Gasteiger partial charge in [0, 0.05) is 6.54 Å². The number of benzene rings is 1.